The van der Waals surface area contributed by atoms with Gasteiger partial charge in [0.2, 0.25) is 0 Å². The summed E-state index contributed by atoms with van der Waals surface area (Å²) in [6.45, 7) is 7.55. The highest BCUT2D eigenvalue weighted by Gasteiger charge is 2.23. The van der Waals surface area contributed by atoms with E-state index in [1.807, 2.05) is 0 Å². The summed E-state index contributed by atoms with van der Waals surface area (Å²) in [5, 5.41) is 0. The van der Waals surface area contributed by atoms with Crippen LogP contribution in [0.4, 0.5) is 0 Å². The van der Waals surface area contributed by atoms with Crippen LogP contribution in [-0.4, -0.2) is 17.5 Å². The molecule has 0 heterocycles. The van der Waals surface area contributed by atoms with Crippen molar-refractivity contribution in [3.63, 3.8) is 0 Å². The molecule has 1 aromatic carbocycles. The fourth-order valence-corrected chi connectivity index (χ4v) is 3.21. The van der Waals surface area contributed by atoms with E-state index in [2.05, 4.69) is 43.0 Å². The molecule has 19 heavy (non-hydrogen) atoms. The predicted molar refractivity (Wildman–Crippen MR) is 81.8 cm³/mol. The Kier molecular flexibility index (Phi) is 5.41. The summed E-state index contributed by atoms with van der Waals surface area (Å²) >= 11 is 0. The molecule has 2 rings (SSSR count). The Labute approximate surface area is 118 Å². The van der Waals surface area contributed by atoms with E-state index in [0.29, 0.717) is 6.54 Å². The summed E-state index contributed by atoms with van der Waals surface area (Å²) in [4.78, 5) is 2.69. The number of rotatable bonds is 6. The molecule has 2 heteroatoms. The molecule has 0 amide bonds. The van der Waals surface area contributed by atoms with Crippen LogP contribution >= 0.6 is 0 Å². The van der Waals surface area contributed by atoms with Crippen LogP contribution in [0.5, 0.6) is 0 Å². The highest BCUT2D eigenvalue weighted by molar-refractivity contribution is 5.26. The van der Waals surface area contributed by atoms with E-state index in [4.69, 9.17) is 5.73 Å². The maximum Gasteiger partial charge on any atom is 0.0240 e. The van der Waals surface area contributed by atoms with Crippen LogP contribution in [0.15, 0.2) is 24.3 Å². The predicted octanol–water partition coefficient (Wildman–Crippen LogP) is 3.55. The highest BCUT2D eigenvalue weighted by atomic mass is 15.2. The lowest BCUT2D eigenvalue weighted by Gasteiger charge is -2.31. The van der Waals surface area contributed by atoms with Crippen LogP contribution in [0.25, 0.3) is 0 Å². The molecule has 0 aromatic heterocycles. The molecule has 1 saturated carbocycles. The fraction of sp³-hybridized carbons (Fsp3) is 0.647. The van der Waals surface area contributed by atoms with E-state index >= 15 is 0 Å². The molecule has 0 aliphatic heterocycles. The molecule has 0 spiro atoms. The second-order valence-corrected chi connectivity index (χ2v) is 6.23. The smallest absolute Gasteiger partial charge is 0.0240 e. The summed E-state index contributed by atoms with van der Waals surface area (Å²) < 4.78 is 0. The zero-order valence-electron chi connectivity index (χ0n) is 12.4. The zero-order valence-corrected chi connectivity index (χ0v) is 12.4. The maximum atomic E-state index is 5.86. The minimum Gasteiger partial charge on any atom is -0.326 e. The largest absolute Gasteiger partial charge is 0.326 e. The minimum absolute atomic E-state index is 0.649. The Balaban J connectivity index is 2.09. The van der Waals surface area contributed by atoms with Gasteiger partial charge in [0.05, 0.1) is 0 Å². The van der Waals surface area contributed by atoms with Gasteiger partial charge < -0.3 is 5.73 Å². The van der Waals surface area contributed by atoms with Gasteiger partial charge in [-0.15, -0.1) is 0 Å². The Morgan fingerprint density at radius 1 is 1.16 bits per heavy atom. The van der Waals surface area contributed by atoms with Gasteiger partial charge in [-0.25, -0.2) is 0 Å². The number of nitrogens with zero attached hydrogens (tertiary/aromatic N) is 1. The SMILES string of the molecule is CC(C)CN(Cc1ccccc1CN)C1CCCC1. The molecule has 0 bridgehead atoms. The molecule has 1 aromatic rings. The average Bonchev–Trinajstić information content (AvgIpc) is 2.92. The molecule has 106 valence electrons. The van der Waals surface area contributed by atoms with E-state index in [1.165, 1.54) is 43.4 Å². The molecule has 0 saturated heterocycles. The average molecular weight is 260 g/mol. The van der Waals surface area contributed by atoms with Gasteiger partial charge in [0.1, 0.15) is 0 Å². The van der Waals surface area contributed by atoms with Crippen LogP contribution < -0.4 is 5.73 Å². The van der Waals surface area contributed by atoms with Gasteiger partial charge in [-0.2, -0.15) is 0 Å². The summed E-state index contributed by atoms with van der Waals surface area (Å²) in [7, 11) is 0. The molecule has 2 N–H and O–H groups in total. The van der Waals surface area contributed by atoms with Crippen molar-refractivity contribution < 1.29 is 0 Å². The first kappa shape index (κ1) is 14.5. The molecule has 1 aliphatic carbocycles. The summed E-state index contributed by atoms with van der Waals surface area (Å²) in [5.74, 6) is 0.727. The summed E-state index contributed by atoms with van der Waals surface area (Å²) in [6, 6.07) is 9.42. The Hall–Kier alpha value is -0.860. The highest BCUT2D eigenvalue weighted by Crippen LogP contribution is 2.26. The third-order valence-corrected chi connectivity index (χ3v) is 4.15. The number of benzene rings is 1. The number of hydrogen-bond donors (Lipinski definition) is 1. The quantitative estimate of drug-likeness (QED) is 0.847. The van der Waals surface area contributed by atoms with Gasteiger partial charge in [-0.1, -0.05) is 51.0 Å². The third-order valence-electron chi connectivity index (χ3n) is 4.15. The van der Waals surface area contributed by atoms with Gasteiger partial charge in [-0.3, -0.25) is 4.90 Å². The van der Waals surface area contributed by atoms with Crippen molar-refractivity contribution in [1.82, 2.24) is 4.90 Å². The van der Waals surface area contributed by atoms with Crippen molar-refractivity contribution in [2.24, 2.45) is 11.7 Å². The number of nitrogens with two attached hydrogens (primary N) is 1. The molecular formula is C17H28N2. The lowest BCUT2D eigenvalue weighted by Crippen LogP contribution is -2.36. The van der Waals surface area contributed by atoms with Gasteiger partial charge in [-0.05, 0) is 29.9 Å². The molecule has 1 aliphatic rings. The van der Waals surface area contributed by atoms with E-state index in [1.54, 1.807) is 0 Å². The molecular weight excluding hydrogens is 232 g/mol. The molecule has 2 nitrogen and oxygen atoms in total. The van der Waals surface area contributed by atoms with Gasteiger partial charge in [0.15, 0.2) is 0 Å². The van der Waals surface area contributed by atoms with Crippen molar-refractivity contribution >= 4 is 0 Å². The Bertz CT molecular complexity index is 381. The van der Waals surface area contributed by atoms with Crippen molar-refractivity contribution in [3.05, 3.63) is 35.4 Å². The number of hydrogen-bond acceptors (Lipinski definition) is 2. The maximum absolute atomic E-state index is 5.86. The normalized spacial score (nSPS) is 16.7. The van der Waals surface area contributed by atoms with Crippen LogP contribution in [0.2, 0.25) is 0 Å². The first-order chi connectivity index (χ1) is 9.20. The van der Waals surface area contributed by atoms with Gasteiger partial charge in [0.25, 0.3) is 0 Å². The second kappa shape index (κ2) is 7.06. The Morgan fingerprint density at radius 3 is 2.37 bits per heavy atom. The first-order valence-electron chi connectivity index (χ1n) is 7.71. The van der Waals surface area contributed by atoms with Crippen LogP contribution in [0, 0.1) is 5.92 Å². The van der Waals surface area contributed by atoms with E-state index in [-0.39, 0.29) is 0 Å². The van der Waals surface area contributed by atoms with Gasteiger partial charge in [0, 0.05) is 25.7 Å². The van der Waals surface area contributed by atoms with Gasteiger partial charge >= 0.3 is 0 Å². The van der Waals surface area contributed by atoms with Crippen LogP contribution in [-0.2, 0) is 13.1 Å². The molecule has 0 atom stereocenters. The van der Waals surface area contributed by atoms with Crippen molar-refractivity contribution in [2.45, 2.75) is 58.7 Å². The monoisotopic (exact) mass is 260 g/mol. The standard InChI is InChI=1S/C17H28N2/c1-14(2)12-19(17-9-5-6-10-17)13-16-8-4-3-7-15(16)11-18/h3-4,7-8,14,17H,5-6,9-13,18H2,1-2H3. The summed E-state index contributed by atoms with van der Waals surface area (Å²) in [6.07, 6.45) is 5.55. The van der Waals surface area contributed by atoms with Crippen LogP contribution in [0.3, 0.4) is 0 Å². The van der Waals surface area contributed by atoms with E-state index in [0.717, 1.165) is 18.5 Å². The first-order valence-corrected chi connectivity index (χ1v) is 7.71. The molecule has 1 fully saturated rings. The molecule has 0 unspecified atom stereocenters. The van der Waals surface area contributed by atoms with Crippen molar-refractivity contribution in [2.75, 3.05) is 6.54 Å². The fourth-order valence-electron chi connectivity index (χ4n) is 3.21. The third kappa shape index (κ3) is 4.05. The molecule has 0 radical (unpaired) electrons. The van der Waals surface area contributed by atoms with E-state index < -0.39 is 0 Å². The second-order valence-electron chi connectivity index (χ2n) is 6.23. The van der Waals surface area contributed by atoms with E-state index in [9.17, 15) is 0 Å². The van der Waals surface area contributed by atoms with Crippen LogP contribution in [0.1, 0.15) is 50.7 Å². The minimum atomic E-state index is 0.649. The van der Waals surface area contributed by atoms with Crippen molar-refractivity contribution in [3.8, 4) is 0 Å². The topological polar surface area (TPSA) is 29.3 Å². The van der Waals surface area contributed by atoms with Crippen molar-refractivity contribution in [1.29, 1.82) is 0 Å². The summed E-state index contributed by atoms with van der Waals surface area (Å²) in [5.41, 5.74) is 8.58. The Morgan fingerprint density at radius 2 is 1.79 bits per heavy atom. The lowest BCUT2D eigenvalue weighted by atomic mass is 10.0. The lowest BCUT2D eigenvalue weighted by molar-refractivity contribution is 0.168. The zero-order chi connectivity index (χ0) is 13.7.